The fourth-order valence-corrected chi connectivity index (χ4v) is 2.32. The van der Waals surface area contributed by atoms with E-state index in [4.69, 9.17) is 5.11 Å². The smallest absolute Gasteiger partial charge is 0.108 e. The average Bonchev–Trinajstić information content (AvgIpc) is 2.59. The number of aliphatic hydroxyl groups is 1. The SMILES string of the molecule is CC(O)CNCc1nc2ccccc2s1. The minimum Gasteiger partial charge on any atom is -0.392 e. The molecule has 0 fully saturated rings. The number of nitrogens with zero attached hydrogens (tertiary/aromatic N) is 1. The zero-order chi connectivity index (χ0) is 10.7. The van der Waals surface area contributed by atoms with E-state index in [9.17, 15) is 0 Å². The topological polar surface area (TPSA) is 45.1 Å². The maximum Gasteiger partial charge on any atom is 0.108 e. The van der Waals surface area contributed by atoms with Gasteiger partial charge in [-0.25, -0.2) is 4.98 Å². The summed E-state index contributed by atoms with van der Waals surface area (Å²) in [5.74, 6) is 0. The zero-order valence-corrected chi connectivity index (χ0v) is 9.42. The number of aliphatic hydroxyl groups excluding tert-OH is 1. The lowest BCUT2D eigenvalue weighted by Gasteiger charge is -2.03. The van der Waals surface area contributed by atoms with E-state index >= 15 is 0 Å². The number of thiazole rings is 1. The quantitative estimate of drug-likeness (QED) is 0.828. The highest BCUT2D eigenvalue weighted by Gasteiger charge is 2.02. The van der Waals surface area contributed by atoms with E-state index in [1.807, 2.05) is 18.2 Å². The van der Waals surface area contributed by atoms with Crippen LogP contribution >= 0.6 is 11.3 Å². The van der Waals surface area contributed by atoms with Crippen molar-refractivity contribution in [3.8, 4) is 0 Å². The van der Waals surface area contributed by atoms with Gasteiger partial charge in [-0.05, 0) is 19.1 Å². The van der Waals surface area contributed by atoms with Crippen LogP contribution < -0.4 is 5.32 Å². The van der Waals surface area contributed by atoms with Gasteiger partial charge in [0.15, 0.2) is 0 Å². The third-order valence-electron chi connectivity index (χ3n) is 2.05. The molecule has 1 unspecified atom stereocenters. The first kappa shape index (κ1) is 10.5. The van der Waals surface area contributed by atoms with Crippen LogP contribution in [0.1, 0.15) is 11.9 Å². The van der Waals surface area contributed by atoms with E-state index in [2.05, 4.69) is 16.4 Å². The summed E-state index contributed by atoms with van der Waals surface area (Å²) < 4.78 is 1.21. The third-order valence-corrected chi connectivity index (χ3v) is 3.09. The number of benzene rings is 1. The highest BCUT2D eigenvalue weighted by molar-refractivity contribution is 7.18. The van der Waals surface area contributed by atoms with Crippen LogP contribution in [0.15, 0.2) is 24.3 Å². The molecular weight excluding hydrogens is 208 g/mol. The molecule has 0 bridgehead atoms. The molecule has 1 atom stereocenters. The maximum absolute atomic E-state index is 9.09. The molecule has 0 aliphatic heterocycles. The van der Waals surface area contributed by atoms with E-state index in [-0.39, 0.29) is 6.10 Å². The zero-order valence-electron chi connectivity index (χ0n) is 8.60. The Hall–Kier alpha value is -0.970. The van der Waals surface area contributed by atoms with Crippen LogP contribution in [-0.2, 0) is 6.54 Å². The Balaban J connectivity index is 2.03. The number of hydrogen-bond donors (Lipinski definition) is 2. The number of aromatic nitrogens is 1. The van der Waals surface area contributed by atoms with Gasteiger partial charge in [-0.3, -0.25) is 0 Å². The average molecular weight is 222 g/mol. The second-order valence-electron chi connectivity index (χ2n) is 3.56. The molecule has 15 heavy (non-hydrogen) atoms. The van der Waals surface area contributed by atoms with Gasteiger partial charge < -0.3 is 10.4 Å². The van der Waals surface area contributed by atoms with Crippen molar-refractivity contribution < 1.29 is 5.11 Å². The summed E-state index contributed by atoms with van der Waals surface area (Å²) in [6.45, 7) is 3.10. The molecule has 1 aromatic carbocycles. The summed E-state index contributed by atoms with van der Waals surface area (Å²) >= 11 is 1.69. The van der Waals surface area contributed by atoms with Crippen LogP contribution in [0.25, 0.3) is 10.2 Å². The van der Waals surface area contributed by atoms with Gasteiger partial charge in [-0.1, -0.05) is 12.1 Å². The Bertz CT molecular complexity index is 406. The minimum atomic E-state index is -0.306. The number of hydrogen-bond acceptors (Lipinski definition) is 4. The van der Waals surface area contributed by atoms with Gasteiger partial charge in [0.25, 0.3) is 0 Å². The standard InChI is InChI=1S/C11H14N2OS/c1-8(14)6-12-7-11-13-9-4-2-3-5-10(9)15-11/h2-5,8,12,14H,6-7H2,1H3. The molecular formula is C11H14N2OS. The van der Waals surface area contributed by atoms with Crippen molar-refractivity contribution in [1.82, 2.24) is 10.3 Å². The van der Waals surface area contributed by atoms with Crippen molar-refractivity contribution in [3.05, 3.63) is 29.3 Å². The molecule has 0 radical (unpaired) electrons. The van der Waals surface area contributed by atoms with Gasteiger partial charge in [-0.15, -0.1) is 11.3 Å². The molecule has 1 heterocycles. The van der Waals surface area contributed by atoms with Crippen LogP contribution in [0.2, 0.25) is 0 Å². The van der Waals surface area contributed by atoms with Gasteiger partial charge >= 0.3 is 0 Å². The molecule has 0 saturated carbocycles. The molecule has 3 nitrogen and oxygen atoms in total. The lowest BCUT2D eigenvalue weighted by Crippen LogP contribution is -2.23. The monoisotopic (exact) mass is 222 g/mol. The van der Waals surface area contributed by atoms with Gasteiger partial charge in [0.05, 0.1) is 16.3 Å². The van der Waals surface area contributed by atoms with E-state index in [0.717, 1.165) is 17.1 Å². The van der Waals surface area contributed by atoms with Crippen LogP contribution in [-0.4, -0.2) is 22.7 Å². The van der Waals surface area contributed by atoms with Crippen LogP contribution in [0.4, 0.5) is 0 Å². The molecule has 2 N–H and O–H groups in total. The lowest BCUT2D eigenvalue weighted by molar-refractivity contribution is 0.191. The highest BCUT2D eigenvalue weighted by atomic mass is 32.1. The van der Waals surface area contributed by atoms with Crippen molar-refractivity contribution in [2.75, 3.05) is 6.54 Å². The van der Waals surface area contributed by atoms with Crippen molar-refractivity contribution in [2.45, 2.75) is 19.6 Å². The van der Waals surface area contributed by atoms with Gasteiger partial charge in [0.1, 0.15) is 5.01 Å². The first-order valence-corrected chi connectivity index (χ1v) is 5.80. The van der Waals surface area contributed by atoms with Gasteiger partial charge in [0.2, 0.25) is 0 Å². The summed E-state index contributed by atoms with van der Waals surface area (Å²) in [5.41, 5.74) is 1.05. The Morgan fingerprint density at radius 1 is 1.47 bits per heavy atom. The van der Waals surface area contributed by atoms with Crippen molar-refractivity contribution >= 4 is 21.6 Å². The Morgan fingerprint density at radius 3 is 3.00 bits per heavy atom. The van der Waals surface area contributed by atoms with E-state index in [0.29, 0.717) is 6.54 Å². The molecule has 0 amide bonds. The van der Waals surface area contributed by atoms with Crippen LogP contribution in [0, 0.1) is 0 Å². The highest BCUT2D eigenvalue weighted by Crippen LogP contribution is 2.21. The number of nitrogens with one attached hydrogen (secondary N) is 1. The predicted octanol–water partition coefficient (Wildman–Crippen LogP) is 1.77. The van der Waals surface area contributed by atoms with Crippen molar-refractivity contribution in [3.63, 3.8) is 0 Å². The Kier molecular flexibility index (Phi) is 3.30. The first-order valence-electron chi connectivity index (χ1n) is 4.99. The molecule has 1 aromatic heterocycles. The second-order valence-corrected chi connectivity index (χ2v) is 4.67. The van der Waals surface area contributed by atoms with Crippen LogP contribution in [0.3, 0.4) is 0 Å². The van der Waals surface area contributed by atoms with E-state index in [1.54, 1.807) is 18.3 Å². The van der Waals surface area contributed by atoms with E-state index in [1.165, 1.54) is 4.70 Å². The normalized spacial score (nSPS) is 13.2. The molecule has 2 rings (SSSR count). The summed E-state index contributed by atoms with van der Waals surface area (Å²) in [7, 11) is 0. The summed E-state index contributed by atoms with van der Waals surface area (Å²) in [4.78, 5) is 4.48. The fourth-order valence-electron chi connectivity index (χ4n) is 1.38. The van der Waals surface area contributed by atoms with Gasteiger partial charge in [-0.2, -0.15) is 0 Å². The van der Waals surface area contributed by atoms with Gasteiger partial charge in [0, 0.05) is 13.1 Å². The molecule has 0 aliphatic rings. The molecule has 0 spiro atoms. The maximum atomic E-state index is 9.09. The molecule has 2 aromatic rings. The minimum absolute atomic E-state index is 0.306. The fraction of sp³-hybridized carbons (Fsp3) is 0.364. The number of rotatable bonds is 4. The molecule has 4 heteroatoms. The second kappa shape index (κ2) is 4.70. The largest absolute Gasteiger partial charge is 0.392 e. The van der Waals surface area contributed by atoms with Crippen LogP contribution in [0.5, 0.6) is 0 Å². The van der Waals surface area contributed by atoms with Crippen molar-refractivity contribution in [1.29, 1.82) is 0 Å². The summed E-state index contributed by atoms with van der Waals surface area (Å²) in [5, 5.41) is 13.3. The molecule has 0 aliphatic carbocycles. The number of para-hydroxylation sites is 1. The predicted molar refractivity (Wildman–Crippen MR) is 63.0 cm³/mol. The first-order chi connectivity index (χ1) is 7.25. The number of fused-ring (bicyclic) bond motifs is 1. The molecule has 80 valence electrons. The molecule has 0 saturated heterocycles. The summed E-state index contributed by atoms with van der Waals surface area (Å²) in [6, 6.07) is 8.11. The summed E-state index contributed by atoms with van der Waals surface area (Å²) in [6.07, 6.45) is -0.306. The van der Waals surface area contributed by atoms with E-state index < -0.39 is 0 Å². The third kappa shape index (κ3) is 2.75. The Morgan fingerprint density at radius 2 is 2.27 bits per heavy atom. The van der Waals surface area contributed by atoms with Crippen molar-refractivity contribution in [2.24, 2.45) is 0 Å². The lowest BCUT2D eigenvalue weighted by atomic mass is 10.3. The Labute approximate surface area is 92.8 Å².